The summed E-state index contributed by atoms with van der Waals surface area (Å²) in [6, 6.07) is 8.49. The summed E-state index contributed by atoms with van der Waals surface area (Å²) in [5, 5.41) is 12.8. The smallest absolute Gasteiger partial charge is 0.0950 e. The number of hydrogen-bond donors (Lipinski definition) is 1. The first-order chi connectivity index (χ1) is 8.66. The average Bonchev–Trinajstić information content (AvgIpc) is 2.37. The number of aromatic nitrogens is 2. The monoisotopic (exact) mass is 244 g/mol. The van der Waals surface area contributed by atoms with Crippen molar-refractivity contribution >= 4 is 16.6 Å². The Morgan fingerprint density at radius 1 is 1.28 bits per heavy atom. The van der Waals surface area contributed by atoms with Crippen LogP contribution in [-0.2, 0) is 0 Å². The highest BCUT2D eigenvalue weighted by atomic mass is 15.1. The van der Waals surface area contributed by atoms with Crippen LogP contribution in [0.2, 0.25) is 0 Å². The fourth-order valence-corrected chi connectivity index (χ4v) is 1.91. The molecule has 0 fully saturated rings. The summed E-state index contributed by atoms with van der Waals surface area (Å²) < 4.78 is 0. The van der Waals surface area contributed by atoms with Gasteiger partial charge in [-0.3, -0.25) is 0 Å². The van der Waals surface area contributed by atoms with Crippen molar-refractivity contribution in [3.8, 4) is 0 Å². The van der Waals surface area contributed by atoms with Crippen LogP contribution in [0.25, 0.3) is 10.9 Å². The van der Waals surface area contributed by atoms with E-state index in [1.807, 2.05) is 18.2 Å². The normalized spacial score (nSPS) is 12.9. The lowest BCUT2D eigenvalue weighted by Crippen LogP contribution is -2.23. The Hall–Kier alpha value is -1.68. The summed E-state index contributed by atoms with van der Waals surface area (Å²) in [4.78, 5) is 2.20. The first-order valence-electron chi connectivity index (χ1n) is 6.28. The van der Waals surface area contributed by atoms with Crippen molar-refractivity contribution in [1.29, 1.82) is 0 Å². The number of nitrogens with zero attached hydrogens (tertiary/aromatic N) is 3. The van der Waals surface area contributed by atoms with Gasteiger partial charge < -0.3 is 10.2 Å². The van der Waals surface area contributed by atoms with E-state index in [0.717, 1.165) is 29.6 Å². The zero-order chi connectivity index (χ0) is 13.0. The Balaban J connectivity index is 2.11. The minimum Gasteiger partial charge on any atom is -0.381 e. The van der Waals surface area contributed by atoms with E-state index in [4.69, 9.17) is 0 Å². The van der Waals surface area contributed by atoms with E-state index in [-0.39, 0.29) is 0 Å². The van der Waals surface area contributed by atoms with Crippen LogP contribution >= 0.6 is 0 Å². The lowest BCUT2D eigenvalue weighted by Gasteiger charge is -2.18. The van der Waals surface area contributed by atoms with E-state index < -0.39 is 0 Å². The average molecular weight is 244 g/mol. The van der Waals surface area contributed by atoms with E-state index in [1.165, 1.54) is 0 Å². The molecule has 1 unspecified atom stereocenters. The predicted octanol–water partition coefficient (Wildman–Crippen LogP) is 2.38. The third kappa shape index (κ3) is 3.17. The molecule has 1 aromatic carbocycles. The maximum atomic E-state index is 4.13. The van der Waals surface area contributed by atoms with Gasteiger partial charge in [0, 0.05) is 11.4 Å². The van der Waals surface area contributed by atoms with Gasteiger partial charge in [-0.25, -0.2) is 0 Å². The van der Waals surface area contributed by atoms with Crippen molar-refractivity contribution < 1.29 is 0 Å². The molecule has 0 saturated carbocycles. The van der Waals surface area contributed by atoms with Crippen molar-refractivity contribution in [2.24, 2.45) is 0 Å². The van der Waals surface area contributed by atoms with Gasteiger partial charge in [-0.2, -0.15) is 10.2 Å². The van der Waals surface area contributed by atoms with Crippen LogP contribution in [0, 0.1) is 0 Å². The van der Waals surface area contributed by atoms with Gasteiger partial charge in [0.25, 0.3) is 0 Å². The molecule has 18 heavy (non-hydrogen) atoms. The molecule has 4 nitrogen and oxygen atoms in total. The second kappa shape index (κ2) is 5.78. The number of rotatable bonds is 5. The van der Waals surface area contributed by atoms with Gasteiger partial charge in [0.1, 0.15) is 0 Å². The van der Waals surface area contributed by atoms with Crippen molar-refractivity contribution in [1.82, 2.24) is 15.1 Å². The Morgan fingerprint density at radius 2 is 2.06 bits per heavy atom. The molecule has 2 rings (SSSR count). The minimum absolute atomic E-state index is 0.417. The van der Waals surface area contributed by atoms with Crippen molar-refractivity contribution in [2.75, 3.05) is 26.0 Å². The molecule has 0 aliphatic rings. The maximum absolute atomic E-state index is 4.13. The molecule has 1 N–H and O–H groups in total. The summed E-state index contributed by atoms with van der Waals surface area (Å²) in [6.07, 6.45) is 2.90. The van der Waals surface area contributed by atoms with Gasteiger partial charge in [-0.15, -0.1) is 0 Å². The molecular weight excluding hydrogens is 224 g/mol. The molecule has 0 radical (unpaired) electrons. The number of hydrogen-bond acceptors (Lipinski definition) is 4. The van der Waals surface area contributed by atoms with Crippen molar-refractivity contribution in [2.45, 2.75) is 19.4 Å². The van der Waals surface area contributed by atoms with Crippen molar-refractivity contribution in [3.05, 3.63) is 30.5 Å². The van der Waals surface area contributed by atoms with Gasteiger partial charge in [0.05, 0.1) is 17.4 Å². The van der Waals surface area contributed by atoms with E-state index in [1.54, 1.807) is 6.20 Å². The lowest BCUT2D eigenvalue weighted by molar-refractivity contribution is 0.390. The van der Waals surface area contributed by atoms with E-state index in [9.17, 15) is 0 Å². The predicted molar refractivity (Wildman–Crippen MR) is 75.8 cm³/mol. The molecule has 4 heteroatoms. The first-order valence-corrected chi connectivity index (χ1v) is 6.28. The summed E-state index contributed by atoms with van der Waals surface area (Å²) in [5.74, 6) is 0. The molecular formula is C14H20N4. The minimum atomic E-state index is 0.417. The van der Waals surface area contributed by atoms with E-state index in [0.29, 0.717) is 6.04 Å². The molecule has 0 aliphatic heterocycles. The fourth-order valence-electron chi connectivity index (χ4n) is 1.91. The van der Waals surface area contributed by atoms with Gasteiger partial charge in [0.15, 0.2) is 0 Å². The molecule has 0 aliphatic carbocycles. The highest BCUT2D eigenvalue weighted by Crippen LogP contribution is 2.20. The van der Waals surface area contributed by atoms with E-state index >= 15 is 0 Å². The van der Waals surface area contributed by atoms with Crippen LogP contribution in [0.1, 0.15) is 13.3 Å². The topological polar surface area (TPSA) is 41.0 Å². The summed E-state index contributed by atoms with van der Waals surface area (Å²) in [6.45, 7) is 3.27. The molecule has 0 spiro atoms. The molecule has 0 bridgehead atoms. The standard InChI is InChI=1S/C14H20N4/c1-11(8-9-18(2)3)16-14-10-15-17-13-7-5-4-6-12(13)14/h4-7,10-11H,8-9H2,1-3H3,(H,16,17). The second-order valence-corrected chi connectivity index (χ2v) is 4.91. The van der Waals surface area contributed by atoms with Crippen LogP contribution < -0.4 is 5.32 Å². The first kappa shape index (κ1) is 12.8. The third-order valence-electron chi connectivity index (χ3n) is 2.96. The van der Waals surface area contributed by atoms with Crippen LogP contribution in [-0.4, -0.2) is 41.8 Å². The van der Waals surface area contributed by atoms with Crippen LogP contribution in [0.15, 0.2) is 30.5 Å². The quantitative estimate of drug-likeness (QED) is 0.876. The number of benzene rings is 1. The molecule has 1 aromatic heterocycles. The highest BCUT2D eigenvalue weighted by molar-refractivity contribution is 5.90. The molecule has 1 atom stereocenters. The summed E-state index contributed by atoms with van der Waals surface area (Å²) >= 11 is 0. The van der Waals surface area contributed by atoms with Gasteiger partial charge >= 0.3 is 0 Å². The molecule has 0 amide bonds. The van der Waals surface area contributed by atoms with Crippen LogP contribution in [0.3, 0.4) is 0 Å². The van der Waals surface area contributed by atoms with Crippen LogP contribution in [0.5, 0.6) is 0 Å². The summed E-state index contributed by atoms with van der Waals surface area (Å²) in [7, 11) is 4.19. The zero-order valence-corrected chi connectivity index (χ0v) is 11.2. The number of anilines is 1. The Bertz CT molecular complexity index is 505. The van der Waals surface area contributed by atoms with Gasteiger partial charge in [-0.05, 0) is 40.1 Å². The SMILES string of the molecule is CC(CCN(C)C)Nc1cnnc2ccccc12. The van der Waals surface area contributed by atoms with Gasteiger partial charge in [-0.1, -0.05) is 18.2 Å². The molecule has 2 aromatic rings. The largest absolute Gasteiger partial charge is 0.381 e. The Morgan fingerprint density at radius 3 is 2.83 bits per heavy atom. The lowest BCUT2D eigenvalue weighted by atomic mass is 10.1. The van der Waals surface area contributed by atoms with E-state index in [2.05, 4.69) is 47.5 Å². The Labute approximate surface area is 108 Å². The third-order valence-corrected chi connectivity index (χ3v) is 2.96. The zero-order valence-electron chi connectivity index (χ0n) is 11.2. The molecule has 1 heterocycles. The number of fused-ring (bicyclic) bond motifs is 1. The second-order valence-electron chi connectivity index (χ2n) is 4.91. The maximum Gasteiger partial charge on any atom is 0.0950 e. The highest BCUT2D eigenvalue weighted by Gasteiger charge is 2.06. The van der Waals surface area contributed by atoms with Crippen molar-refractivity contribution in [3.63, 3.8) is 0 Å². The molecule has 0 saturated heterocycles. The summed E-state index contributed by atoms with van der Waals surface area (Å²) in [5.41, 5.74) is 1.99. The number of nitrogens with one attached hydrogen (secondary N) is 1. The van der Waals surface area contributed by atoms with Crippen LogP contribution in [0.4, 0.5) is 5.69 Å². The Kier molecular flexibility index (Phi) is 4.10. The molecule has 96 valence electrons. The fraction of sp³-hybridized carbons (Fsp3) is 0.429. The van der Waals surface area contributed by atoms with Gasteiger partial charge in [0.2, 0.25) is 0 Å².